The summed E-state index contributed by atoms with van der Waals surface area (Å²) >= 11 is 0. The van der Waals surface area contributed by atoms with E-state index < -0.39 is 17.8 Å². The van der Waals surface area contributed by atoms with Crippen LogP contribution in [-0.4, -0.2) is 12.1 Å². The molecule has 2 aromatic carbocycles. The number of hydrogen-bond donors (Lipinski definition) is 3. The maximum atomic E-state index is 12.6. The zero-order valence-electron chi connectivity index (χ0n) is 11.3. The molecule has 0 spiro atoms. The Hall–Kier alpha value is -3.16. The fourth-order valence-electron chi connectivity index (χ4n) is 1.22. The van der Waals surface area contributed by atoms with Gasteiger partial charge in [0.2, 0.25) is 0 Å². The minimum absolute atomic E-state index is 0.156. The number of hydrogen-bond acceptors (Lipinski definition) is 4. The van der Waals surface area contributed by atoms with E-state index in [1.807, 2.05) is 0 Å². The summed E-state index contributed by atoms with van der Waals surface area (Å²) in [7, 11) is 0. The molecule has 0 unspecified atom stereocenters. The molecule has 8 heteroatoms. The van der Waals surface area contributed by atoms with Crippen molar-refractivity contribution in [2.24, 2.45) is 11.5 Å². The van der Waals surface area contributed by atoms with Gasteiger partial charge in [-0.25, -0.2) is 13.6 Å². The third-order valence-corrected chi connectivity index (χ3v) is 2.03. The zero-order valence-corrected chi connectivity index (χ0v) is 11.3. The number of ether oxygens (including phenoxy) is 2. The number of benzene rings is 2. The van der Waals surface area contributed by atoms with Crippen LogP contribution in [0.15, 0.2) is 48.5 Å². The van der Waals surface area contributed by atoms with Crippen molar-refractivity contribution in [3.63, 3.8) is 0 Å². The van der Waals surface area contributed by atoms with Crippen molar-refractivity contribution in [2.45, 2.75) is 0 Å². The second-order valence-electron chi connectivity index (χ2n) is 3.82. The fourth-order valence-corrected chi connectivity index (χ4v) is 1.22. The van der Waals surface area contributed by atoms with Gasteiger partial charge in [-0.2, -0.15) is 0 Å². The van der Waals surface area contributed by atoms with Gasteiger partial charge in [0.05, 0.1) is 0 Å². The van der Waals surface area contributed by atoms with E-state index in [1.165, 1.54) is 24.3 Å². The van der Waals surface area contributed by atoms with Crippen LogP contribution in [0.2, 0.25) is 0 Å². The van der Waals surface area contributed by atoms with E-state index in [0.29, 0.717) is 0 Å². The van der Waals surface area contributed by atoms with Crippen molar-refractivity contribution in [1.29, 1.82) is 5.41 Å². The monoisotopic (exact) mass is 309 g/mol. The molecule has 0 amide bonds. The van der Waals surface area contributed by atoms with Gasteiger partial charge in [0.15, 0.2) is 5.96 Å². The molecule has 6 nitrogen and oxygen atoms in total. The Morgan fingerprint density at radius 2 is 1.09 bits per heavy atom. The van der Waals surface area contributed by atoms with Gasteiger partial charge in [-0.15, -0.1) is 0 Å². The number of nitrogens with one attached hydrogen (secondary N) is 1. The standard InChI is InChI=1S/C13H8F2O3.CH5N3/c14-9-1-5-11(6-2-9)17-13(16)18-12-7-3-10(15)4-8-12;2-1(3)4/h1-8H;(H5,2,3,4). The SMILES string of the molecule is N=C(N)N.O=C(Oc1ccc(F)cc1)Oc1ccc(F)cc1. The molecule has 22 heavy (non-hydrogen) atoms. The highest BCUT2D eigenvalue weighted by atomic mass is 19.1. The van der Waals surface area contributed by atoms with Crippen molar-refractivity contribution in [2.75, 3.05) is 0 Å². The van der Waals surface area contributed by atoms with Gasteiger partial charge in [0, 0.05) is 0 Å². The van der Waals surface area contributed by atoms with Crippen LogP contribution in [0.4, 0.5) is 13.6 Å². The van der Waals surface area contributed by atoms with Crippen molar-refractivity contribution in [3.8, 4) is 11.5 Å². The molecule has 5 N–H and O–H groups in total. The summed E-state index contributed by atoms with van der Waals surface area (Å²) in [5, 5.41) is 6.06. The minimum atomic E-state index is -0.979. The summed E-state index contributed by atoms with van der Waals surface area (Å²) in [6.45, 7) is 0. The predicted molar refractivity (Wildman–Crippen MR) is 75.6 cm³/mol. The van der Waals surface area contributed by atoms with Crippen LogP contribution >= 0.6 is 0 Å². The summed E-state index contributed by atoms with van der Waals surface area (Å²) in [4.78, 5) is 11.3. The van der Waals surface area contributed by atoms with Crippen LogP contribution in [0.5, 0.6) is 11.5 Å². The molecule has 2 aromatic rings. The van der Waals surface area contributed by atoms with E-state index in [1.54, 1.807) is 0 Å². The molecular formula is C14H13F2N3O3. The van der Waals surface area contributed by atoms with Crippen molar-refractivity contribution < 1.29 is 23.0 Å². The first kappa shape index (κ1) is 16.9. The highest BCUT2D eigenvalue weighted by molar-refractivity contribution is 5.71. The van der Waals surface area contributed by atoms with Crippen molar-refractivity contribution in [1.82, 2.24) is 0 Å². The highest BCUT2D eigenvalue weighted by Gasteiger charge is 2.07. The van der Waals surface area contributed by atoms with Crippen LogP contribution in [0.3, 0.4) is 0 Å². The van der Waals surface area contributed by atoms with E-state index in [0.717, 1.165) is 24.3 Å². The molecule has 0 aliphatic heterocycles. The van der Waals surface area contributed by atoms with E-state index in [4.69, 9.17) is 14.9 Å². The quantitative estimate of drug-likeness (QED) is 0.341. The molecule has 0 saturated carbocycles. The number of rotatable bonds is 2. The van der Waals surface area contributed by atoms with E-state index in [-0.39, 0.29) is 17.5 Å². The first-order valence-corrected chi connectivity index (χ1v) is 5.87. The number of carbonyl (C=O) groups is 1. The smallest absolute Gasteiger partial charge is 0.395 e. The Bertz CT molecular complexity index is 577. The lowest BCUT2D eigenvalue weighted by atomic mass is 10.3. The maximum Gasteiger partial charge on any atom is 0.519 e. The van der Waals surface area contributed by atoms with Gasteiger partial charge in [0.1, 0.15) is 23.1 Å². The summed E-state index contributed by atoms with van der Waals surface area (Å²) < 4.78 is 34.8. The van der Waals surface area contributed by atoms with Crippen molar-refractivity contribution in [3.05, 3.63) is 60.2 Å². The van der Waals surface area contributed by atoms with Gasteiger partial charge < -0.3 is 20.9 Å². The second-order valence-corrected chi connectivity index (χ2v) is 3.82. The van der Waals surface area contributed by atoms with Gasteiger partial charge in [0.25, 0.3) is 0 Å². The van der Waals surface area contributed by atoms with Gasteiger partial charge >= 0.3 is 6.16 Å². The van der Waals surface area contributed by atoms with E-state index in [2.05, 4.69) is 11.5 Å². The molecule has 0 aromatic heterocycles. The van der Waals surface area contributed by atoms with E-state index >= 15 is 0 Å². The molecule has 0 fully saturated rings. The molecule has 0 bridgehead atoms. The summed E-state index contributed by atoms with van der Waals surface area (Å²) in [6.07, 6.45) is -0.979. The lowest BCUT2D eigenvalue weighted by Gasteiger charge is -2.05. The molecular weight excluding hydrogens is 296 g/mol. The Morgan fingerprint density at radius 1 is 0.818 bits per heavy atom. The first-order valence-electron chi connectivity index (χ1n) is 5.87. The van der Waals surface area contributed by atoms with Crippen LogP contribution in [-0.2, 0) is 0 Å². The molecule has 0 heterocycles. The molecule has 0 atom stereocenters. The molecule has 116 valence electrons. The number of carbonyl (C=O) groups excluding carboxylic acids is 1. The van der Waals surface area contributed by atoms with Crippen LogP contribution in [0, 0.1) is 17.0 Å². The van der Waals surface area contributed by atoms with Crippen LogP contribution in [0.25, 0.3) is 0 Å². The third kappa shape index (κ3) is 6.85. The topological polar surface area (TPSA) is 111 Å². The fraction of sp³-hybridized carbons (Fsp3) is 0. The average molecular weight is 309 g/mol. The summed E-state index contributed by atoms with van der Waals surface area (Å²) in [6, 6.07) is 9.78. The largest absolute Gasteiger partial charge is 0.519 e. The third-order valence-electron chi connectivity index (χ3n) is 2.03. The van der Waals surface area contributed by atoms with Gasteiger partial charge in [-0.3, -0.25) is 5.41 Å². The number of halogens is 2. The zero-order chi connectivity index (χ0) is 16.5. The highest BCUT2D eigenvalue weighted by Crippen LogP contribution is 2.15. The average Bonchev–Trinajstić information content (AvgIpc) is 2.43. The van der Waals surface area contributed by atoms with Crippen LogP contribution in [0.1, 0.15) is 0 Å². The Morgan fingerprint density at radius 3 is 1.36 bits per heavy atom. The molecule has 2 rings (SSSR count). The Balaban J connectivity index is 0.000000541. The minimum Gasteiger partial charge on any atom is -0.395 e. The van der Waals surface area contributed by atoms with Crippen LogP contribution < -0.4 is 20.9 Å². The van der Waals surface area contributed by atoms with Crippen molar-refractivity contribution >= 4 is 12.1 Å². The summed E-state index contributed by atoms with van der Waals surface area (Å²) in [5.41, 5.74) is 8.94. The molecule has 0 aliphatic rings. The van der Waals surface area contributed by atoms with Gasteiger partial charge in [-0.1, -0.05) is 0 Å². The number of guanidine groups is 1. The maximum absolute atomic E-state index is 12.6. The number of nitrogens with two attached hydrogens (primary N) is 2. The molecule has 0 aliphatic carbocycles. The lowest BCUT2D eigenvalue weighted by Crippen LogP contribution is -2.20. The first-order chi connectivity index (χ1) is 10.4. The summed E-state index contributed by atoms with van der Waals surface area (Å²) in [5.74, 6) is -0.893. The van der Waals surface area contributed by atoms with E-state index in [9.17, 15) is 13.6 Å². The Labute approximate surface area is 124 Å². The normalized spacial score (nSPS) is 9.18. The Kier molecular flexibility index (Phi) is 6.30. The second kappa shape index (κ2) is 8.20. The molecule has 0 radical (unpaired) electrons. The van der Waals surface area contributed by atoms with Gasteiger partial charge in [-0.05, 0) is 48.5 Å². The molecule has 0 saturated heterocycles. The lowest BCUT2D eigenvalue weighted by molar-refractivity contribution is 0.152. The predicted octanol–water partition coefficient (Wildman–Crippen LogP) is 2.38.